The third-order valence-corrected chi connectivity index (χ3v) is 2.86. The number of carbonyl (C=O) groups excluding carboxylic acids is 2. The predicted molar refractivity (Wildman–Crippen MR) is 91.5 cm³/mol. The topological polar surface area (TPSA) is 84.2 Å². The van der Waals surface area contributed by atoms with Gasteiger partial charge in [0.05, 0.1) is 0 Å². The Morgan fingerprint density at radius 3 is 1.86 bits per heavy atom. The van der Waals surface area contributed by atoms with E-state index in [1.54, 1.807) is 24.3 Å². The van der Waals surface area contributed by atoms with Crippen molar-refractivity contribution in [2.75, 3.05) is 19.6 Å². The molecular weight excluding hydrogens is 302 g/mol. The van der Waals surface area contributed by atoms with Gasteiger partial charge in [-0.1, -0.05) is 20.8 Å². The third-order valence-electron chi connectivity index (χ3n) is 2.86. The van der Waals surface area contributed by atoms with Gasteiger partial charge in [-0.25, -0.2) is 0 Å². The summed E-state index contributed by atoms with van der Waals surface area (Å²) >= 11 is 0. The molecule has 5 nitrogen and oxygen atoms in total. The van der Waals surface area contributed by atoms with Crippen molar-refractivity contribution in [3.63, 3.8) is 0 Å². The molecule has 0 saturated heterocycles. The summed E-state index contributed by atoms with van der Waals surface area (Å²) in [5, 5.41) is 5.65. The van der Waals surface area contributed by atoms with Crippen molar-refractivity contribution in [1.29, 1.82) is 0 Å². The maximum atomic E-state index is 12.0. The van der Waals surface area contributed by atoms with E-state index < -0.39 is 0 Å². The van der Waals surface area contributed by atoms with Gasteiger partial charge in [-0.15, -0.1) is 12.4 Å². The molecule has 1 aromatic rings. The SMILES string of the molecule is CC(C)(C)CNC(=O)c1ccc(C(=O)NCCCN)cc1.Cl. The average Bonchev–Trinajstić information content (AvgIpc) is 2.44. The number of nitrogens with two attached hydrogens (primary N) is 1. The van der Waals surface area contributed by atoms with Crippen LogP contribution in [-0.2, 0) is 0 Å². The molecule has 0 heterocycles. The highest BCUT2D eigenvalue weighted by molar-refractivity contribution is 5.97. The van der Waals surface area contributed by atoms with Gasteiger partial charge in [0.1, 0.15) is 0 Å². The van der Waals surface area contributed by atoms with Crippen LogP contribution in [0.3, 0.4) is 0 Å². The Morgan fingerprint density at radius 2 is 1.45 bits per heavy atom. The second-order valence-corrected chi connectivity index (χ2v) is 6.22. The van der Waals surface area contributed by atoms with Crippen molar-refractivity contribution < 1.29 is 9.59 Å². The number of rotatable bonds is 6. The highest BCUT2D eigenvalue weighted by atomic mass is 35.5. The lowest BCUT2D eigenvalue weighted by Crippen LogP contribution is -2.32. The van der Waals surface area contributed by atoms with Crippen molar-refractivity contribution >= 4 is 24.2 Å². The summed E-state index contributed by atoms with van der Waals surface area (Å²) in [7, 11) is 0. The van der Waals surface area contributed by atoms with E-state index in [0.717, 1.165) is 6.42 Å². The molecule has 0 saturated carbocycles. The Bertz CT molecular complexity index is 481. The summed E-state index contributed by atoms with van der Waals surface area (Å²) in [6, 6.07) is 6.64. The first-order valence-corrected chi connectivity index (χ1v) is 7.20. The van der Waals surface area contributed by atoms with Crippen LogP contribution in [0.4, 0.5) is 0 Å². The minimum Gasteiger partial charge on any atom is -0.352 e. The Labute approximate surface area is 138 Å². The van der Waals surface area contributed by atoms with E-state index in [2.05, 4.69) is 31.4 Å². The van der Waals surface area contributed by atoms with Crippen LogP contribution >= 0.6 is 12.4 Å². The van der Waals surface area contributed by atoms with E-state index in [1.165, 1.54) is 0 Å². The normalized spacial score (nSPS) is 10.5. The van der Waals surface area contributed by atoms with Gasteiger partial charge in [-0.3, -0.25) is 9.59 Å². The van der Waals surface area contributed by atoms with E-state index in [-0.39, 0.29) is 29.6 Å². The van der Waals surface area contributed by atoms with Crippen molar-refractivity contribution in [3.8, 4) is 0 Å². The van der Waals surface area contributed by atoms with E-state index in [1.807, 2.05) is 0 Å². The third kappa shape index (κ3) is 7.43. The monoisotopic (exact) mass is 327 g/mol. The van der Waals surface area contributed by atoms with Crippen LogP contribution in [0.25, 0.3) is 0 Å². The molecule has 0 bridgehead atoms. The largest absolute Gasteiger partial charge is 0.352 e. The summed E-state index contributed by atoms with van der Waals surface area (Å²) in [4.78, 5) is 23.8. The smallest absolute Gasteiger partial charge is 0.251 e. The fraction of sp³-hybridized carbons (Fsp3) is 0.500. The number of hydrogen-bond acceptors (Lipinski definition) is 3. The van der Waals surface area contributed by atoms with Gasteiger partial charge in [0.2, 0.25) is 0 Å². The molecule has 124 valence electrons. The Morgan fingerprint density at radius 1 is 1.00 bits per heavy atom. The molecule has 6 heteroatoms. The number of amides is 2. The molecule has 0 aliphatic rings. The zero-order valence-corrected chi connectivity index (χ0v) is 14.3. The van der Waals surface area contributed by atoms with E-state index in [4.69, 9.17) is 5.73 Å². The van der Waals surface area contributed by atoms with Gasteiger partial charge >= 0.3 is 0 Å². The van der Waals surface area contributed by atoms with Crippen molar-refractivity contribution in [2.45, 2.75) is 27.2 Å². The first-order chi connectivity index (χ1) is 9.83. The maximum Gasteiger partial charge on any atom is 0.251 e. The predicted octanol–water partition coefficient (Wildman–Crippen LogP) is 1.96. The number of hydrogen-bond donors (Lipinski definition) is 3. The molecule has 2 amide bonds. The van der Waals surface area contributed by atoms with Gasteiger partial charge in [0.25, 0.3) is 11.8 Å². The average molecular weight is 328 g/mol. The molecule has 0 unspecified atom stereocenters. The molecule has 0 radical (unpaired) electrons. The lowest BCUT2D eigenvalue weighted by Gasteiger charge is -2.18. The molecule has 0 aliphatic heterocycles. The zero-order chi connectivity index (χ0) is 15.9. The second kappa shape index (κ2) is 9.43. The summed E-state index contributed by atoms with van der Waals surface area (Å²) < 4.78 is 0. The van der Waals surface area contributed by atoms with E-state index in [0.29, 0.717) is 30.8 Å². The van der Waals surface area contributed by atoms with Gasteiger partial charge in [0, 0.05) is 24.2 Å². The van der Waals surface area contributed by atoms with Crippen LogP contribution in [0.1, 0.15) is 47.9 Å². The van der Waals surface area contributed by atoms with Crippen LogP contribution < -0.4 is 16.4 Å². The second-order valence-electron chi connectivity index (χ2n) is 6.22. The number of benzene rings is 1. The highest BCUT2D eigenvalue weighted by Gasteiger charge is 2.13. The Kier molecular flexibility index (Phi) is 8.75. The lowest BCUT2D eigenvalue weighted by atomic mass is 9.97. The molecule has 0 spiro atoms. The fourth-order valence-electron chi connectivity index (χ4n) is 1.63. The summed E-state index contributed by atoms with van der Waals surface area (Å²) in [5.41, 5.74) is 6.50. The Balaban J connectivity index is 0.00000441. The number of carbonyl (C=O) groups is 2. The van der Waals surface area contributed by atoms with Gasteiger partial charge in [-0.2, -0.15) is 0 Å². The zero-order valence-electron chi connectivity index (χ0n) is 13.4. The van der Waals surface area contributed by atoms with Crippen molar-refractivity contribution in [2.24, 2.45) is 11.1 Å². The standard InChI is InChI=1S/C16H25N3O2.ClH/c1-16(2,3)11-19-15(21)13-7-5-12(6-8-13)14(20)18-10-4-9-17;/h5-8H,4,9-11,17H2,1-3H3,(H,18,20)(H,19,21);1H. The molecule has 1 aromatic carbocycles. The van der Waals surface area contributed by atoms with Gasteiger partial charge in [-0.05, 0) is 42.6 Å². The molecule has 22 heavy (non-hydrogen) atoms. The quantitative estimate of drug-likeness (QED) is 0.698. The first-order valence-electron chi connectivity index (χ1n) is 7.20. The van der Waals surface area contributed by atoms with E-state index >= 15 is 0 Å². The van der Waals surface area contributed by atoms with Crippen LogP contribution in [0.5, 0.6) is 0 Å². The van der Waals surface area contributed by atoms with Crippen LogP contribution in [0.15, 0.2) is 24.3 Å². The van der Waals surface area contributed by atoms with Crippen LogP contribution in [0, 0.1) is 5.41 Å². The van der Waals surface area contributed by atoms with Crippen LogP contribution in [0.2, 0.25) is 0 Å². The van der Waals surface area contributed by atoms with E-state index in [9.17, 15) is 9.59 Å². The molecule has 0 aromatic heterocycles. The van der Waals surface area contributed by atoms with Gasteiger partial charge < -0.3 is 16.4 Å². The molecule has 0 fully saturated rings. The molecule has 0 atom stereocenters. The summed E-state index contributed by atoms with van der Waals surface area (Å²) in [6.45, 7) is 7.88. The molecule has 0 aliphatic carbocycles. The molecule has 1 rings (SSSR count). The Hall–Kier alpha value is -1.59. The number of halogens is 1. The summed E-state index contributed by atoms with van der Waals surface area (Å²) in [6.07, 6.45) is 0.749. The minimum absolute atomic E-state index is 0. The summed E-state index contributed by atoms with van der Waals surface area (Å²) in [5.74, 6) is -0.273. The van der Waals surface area contributed by atoms with Crippen molar-refractivity contribution in [3.05, 3.63) is 35.4 Å². The number of nitrogens with one attached hydrogen (secondary N) is 2. The molecule has 4 N–H and O–H groups in total. The minimum atomic E-state index is -0.148. The van der Waals surface area contributed by atoms with Crippen molar-refractivity contribution in [1.82, 2.24) is 10.6 Å². The molecular formula is C16H26ClN3O2. The van der Waals surface area contributed by atoms with Crippen LogP contribution in [-0.4, -0.2) is 31.4 Å². The highest BCUT2D eigenvalue weighted by Crippen LogP contribution is 2.11. The maximum absolute atomic E-state index is 12.0. The van der Waals surface area contributed by atoms with Gasteiger partial charge in [0.15, 0.2) is 0 Å². The fourth-order valence-corrected chi connectivity index (χ4v) is 1.63. The lowest BCUT2D eigenvalue weighted by molar-refractivity contribution is 0.0933. The first kappa shape index (κ1) is 20.4.